The van der Waals surface area contributed by atoms with Crippen LogP contribution < -0.4 is 0 Å². The number of benzene rings is 2. The Kier molecular flexibility index (Phi) is 11.3. The minimum absolute atomic E-state index is 0. The van der Waals surface area contributed by atoms with E-state index < -0.39 is 0 Å². The van der Waals surface area contributed by atoms with Crippen molar-refractivity contribution in [3.63, 3.8) is 0 Å². The van der Waals surface area contributed by atoms with Crippen LogP contribution in [-0.2, 0) is 12.8 Å². The van der Waals surface area contributed by atoms with Gasteiger partial charge in [-0.3, -0.25) is 0 Å². The highest BCUT2D eigenvalue weighted by molar-refractivity contribution is 6.30. The van der Waals surface area contributed by atoms with Crippen LogP contribution >= 0.6 is 36.4 Å². The van der Waals surface area contributed by atoms with Gasteiger partial charge in [0.1, 0.15) is 0 Å². The molecule has 2 aromatic carbocycles. The lowest BCUT2D eigenvalue weighted by Crippen LogP contribution is -2.47. The van der Waals surface area contributed by atoms with Gasteiger partial charge in [-0.1, -0.05) is 54.1 Å². The lowest BCUT2D eigenvalue weighted by atomic mass is 10.1. The molecule has 0 radical (unpaired) electrons. The third-order valence-electron chi connectivity index (χ3n) is 4.85. The third kappa shape index (κ3) is 7.85. The summed E-state index contributed by atoms with van der Waals surface area (Å²) in [4.78, 5) is 5.19. The van der Waals surface area contributed by atoms with Gasteiger partial charge in [-0.15, -0.1) is 24.8 Å². The van der Waals surface area contributed by atoms with E-state index in [0.29, 0.717) is 0 Å². The van der Waals surface area contributed by atoms with Crippen molar-refractivity contribution in [1.29, 1.82) is 0 Å². The molecular formula is C21H29Cl3N2. The lowest BCUT2D eigenvalue weighted by molar-refractivity contribution is 0.132. The summed E-state index contributed by atoms with van der Waals surface area (Å²) in [6, 6.07) is 19.1. The Labute approximate surface area is 175 Å². The van der Waals surface area contributed by atoms with Crippen molar-refractivity contribution >= 4 is 36.4 Å². The highest BCUT2D eigenvalue weighted by Gasteiger charge is 2.16. The third-order valence-corrected chi connectivity index (χ3v) is 5.09. The maximum absolute atomic E-state index is 6.06. The first-order chi connectivity index (χ1) is 11.8. The fourth-order valence-corrected chi connectivity index (χ4v) is 3.58. The predicted molar refractivity (Wildman–Crippen MR) is 117 cm³/mol. The van der Waals surface area contributed by atoms with Crippen molar-refractivity contribution in [2.75, 3.05) is 39.3 Å². The Balaban J connectivity index is 0.00000169. The molecule has 1 fully saturated rings. The summed E-state index contributed by atoms with van der Waals surface area (Å²) >= 11 is 6.06. The molecule has 26 heavy (non-hydrogen) atoms. The second-order valence-electron chi connectivity index (χ2n) is 6.65. The zero-order chi connectivity index (χ0) is 16.6. The summed E-state index contributed by atoms with van der Waals surface area (Å²) in [6.45, 7) is 7.13. The molecule has 0 unspecified atom stereocenters. The van der Waals surface area contributed by atoms with Crippen molar-refractivity contribution < 1.29 is 0 Å². The number of hydrogen-bond acceptors (Lipinski definition) is 2. The molecule has 144 valence electrons. The van der Waals surface area contributed by atoms with Crippen LogP contribution in [0.4, 0.5) is 0 Å². The second-order valence-corrected chi connectivity index (χ2v) is 7.09. The highest BCUT2D eigenvalue weighted by atomic mass is 35.5. The van der Waals surface area contributed by atoms with Gasteiger partial charge >= 0.3 is 0 Å². The molecule has 0 N–H and O–H groups in total. The summed E-state index contributed by atoms with van der Waals surface area (Å²) in [5, 5.41) is 0.843. The predicted octanol–water partition coefficient (Wildman–Crippen LogP) is 4.98. The summed E-state index contributed by atoms with van der Waals surface area (Å²) in [5.41, 5.74) is 2.80. The van der Waals surface area contributed by atoms with Gasteiger partial charge in [0.25, 0.3) is 0 Å². The van der Waals surface area contributed by atoms with Crippen LogP contribution in [0.25, 0.3) is 0 Å². The minimum Gasteiger partial charge on any atom is -0.301 e. The van der Waals surface area contributed by atoms with Crippen LogP contribution in [0.5, 0.6) is 0 Å². The van der Waals surface area contributed by atoms with E-state index in [9.17, 15) is 0 Å². The molecule has 0 amide bonds. The van der Waals surface area contributed by atoms with Gasteiger partial charge in [-0.05, 0) is 49.1 Å². The smallest absolute Gasteiger partial charge is 0.0408 e. The molecule has 0 aromatic heterocycles. The normalized spacial score (nSPS) is 15.1. The summed E-state index contributed by atoms with van der Waals surface area (Å²) in [5.74, 6) is 0. The first kappa shape index (κ1) is 23.3. The zero-order valence-electron chi connectivity index (χ0n) is 15.1. The Morgan fingerprint density at radius 2 is 1.31 bits per heavy atom. The number of hydrogen-bond donors (Lipinski definition) is 0. The van der Waals surface area contributed by atoms with E-state index in [4.69, 9.17) is 11.6 Å². The number of halogens is 3. The van der Waals surface area contributed by atoms with E-state index >= 15 is 0 Å². The largest absolute Gasteiger partial charge is 0.301 e. The molecule has 1 aliphatic rings. The highest BCUT2D eigenvalue weighted by Crippen LogP contribution is 2.12. The van der Waals surface area contributed by atoms with E-state index in [1.54, 1.807) is 0 Å². The van der Waals surface area contributed by atoms with Crippen LogP contribution in [0.3, 0.4) is 0 Å². The number of piperazine rings is 1. The fraction of sp³-hybridized carbons (Fsp3) is 0.429. The van der Waals surface area contributed by atoms with Crippen LogP contribution in [0.15, 0.2) is 54.6 Å². The van der Waals surface area contributed by atoms with Crippen LogP contribution in [0.2, 0.25) is 5.02 Å². The van der Waals surface area contributed by atoms with Crippen molar-refractivity contribution in [2.45, 2.75) is 19.3 Å². The van der Waals surface area contributed by atoms with E-state index in [1.807, 2.05) is 12.1 Å². The van der Waals surface area contributed by atoms with Gasteiger partial charge < -0.3 is 9.80 Å². The first-order valence-electron chi connectivity index (χ1n) is 9.03. The lowest BCUT2D eigenvalue weighted by Gasteiger charge is -2.34. The number of rotatable bonds is 7. The molecular weight excluding hydrogens is 387 g/mol. The Bertz CT molecular complexity index is 614. The van der Waals surface area contributed by atoms with Gasteiger partial charge in [-0.2, -0.15) is 0 Å². The summed E-state index contributed by atoms with van der Waals surface area (Å²) in [6.07, 6.45) is 3.54. The SMILES string of the molecule is Cl.Cl.Clc1cccc(CCN2CCN(CCCc3ccccc3)CC2)c1. The van der Waals surface area contributed by atoms with Gasteiger partial charge in [0.05, 0.1) is 0 Å². The summed E-state index contributed by atoms with van der Waals surface area (Å²) < 4.78 is 0. The van der Waals surface area contributed by atoms with E-state index in [-0.39, 0.29) is 24.8 Å². The van der Waals surface area contributed by atoms with Gasteiger partial charge in [0.15, 0.2) is 0 Å². The molecule has 0 aliphatic carbocycles. The molecule has 2 aromatic rings. The van der Waals surface area contributed by atoms with E-state index in [0.717, 1.165) is 18.0 Å². The van der Waals surface area contributed by atoms with Crippen molar-refractivity contribution in [3.8, 4) is 0 Å². The first-order valence-corrected chi connectivity index (χ1v) is 9.40. The minimum atomic E-state index is 0. The average molecular weight is 416 g/mol. The molecule has 0 bridgehead atoms. The molecule has 0 atom stereocenters. The second kappa shape index (κ2) is 12.6. The monoisotopic (exact) mass is 414 g/mol. The zero-order valence-corrected chi connectivity index (χ0v) is 17.5. The fourth-order valence-electron chi connectivity index (χ4n) is 3.37. The molecule has 1 heterocycles. The van der Waals surface area contributed by atoms with Crippen LogP contribution in [0, 0.1) is 0 Å². The van der Waals surface area contributed by atoms with E-state index in [2.05, 4.69) is 52.3 Å². The maximum atomic E-state index is 6.06. The molecule has 1 aliphatic heterocycles. The molecule has 2 nitrogen and oxygen atoms in total. The molecule has 0 spiro atoms. The van der Waals surface area contributed by atoms with Crippen molar-refractivity contribution in [3.05, 3.63) is 70.7 Å². The van der Waals surface area contributed by atoms with Gasteiger partial charge in [0.2, 0.25) is 0 Å². The molecule has 5 heteroatoms. The van der Waals surface area contributed by atoms with Gasteiger partial charge in [0, 0.05) is 37.7 Å². The molecule has 1 saturated heterocycles. The van der Waals surface area contributed by atoms with Gasteiger partial charge in [-0.25, -0.2) is 0 Å². The van der Waals surface area contributed by atoms with Crippen molar-refractivity contribution in [2.24, 2.45) is 0 Å². The number of nitrogens with zero attached hydrogens (tertiary/aromatic N) is 2. The average Bonchev–Trinajstić information content (AvgIpc) is 2.62. The number of aryl methyl sites for hydroxylation is 1. The topological polar surface area (TPSA) is 6.48 Å². The molecule has 0 saturated carbocycles. The quantitative estimate of drug-likeness (QED) is 0.629. The summed E-state index contributed by atoms with van der Waals surface area (Å²) in [7, 11) is 0. The van der Waals surface area contributed by atoms with Crippen LogP contribution in [0.1, 0.15) is 17.5 Å². The maximum Gasteiger partial charge on any atom is 0.0408 e. The standard InChI is InChI=1S/C21H27ClN2.2ClH/c22-21-10-4-8-20(18-21)11-13-24-16-14-23(15-17-24)12-5-9-19-6-2-1-3-7-19;;/h1-4,6-8,10,18H,5,9,11-17H2;2*1H. The molecule has 3 rings (SSSR count). The van der Waals surface area contributed by atoms with Crippen LogP contribution in [-0.4, -0.2) is 49.1 Å². The van der Waals surface area contributed by atoms with E-state index in [1.165, 1.54) is 56.7 Å². The Hall–Kier alpha value is -0.770. The Morgan fingerprint density at radius 3 is 1.96 bits per heavy atom. The Morgan fingerprint density at radius 1 is 0.692 bits per heavy atom. The van der Waals surface area contributed by atoms with Crippen molar-refractivity contribution in [1.82, 2.24) is 9.80 Å².